The lowest BCUT2D eigenvalue weighted by Gasteiger charge is -2.28. The van der Waals surface area contributed by atoms with Crippen molar-refractivity contribution in [2.45, 2.75) is 19.8 Å². The molecule has 118 valence electrons. The van der Waals surface area contributed by atoms with Crippen molar-refractivity contribution in [1.29, 1.82) is 0 Å². The average molecular weight is 308 g/mol. The number of aromatic nitrogens is 2. The van der Waals surface area contributed by atoms with E-state index >= 15 is 0 Å². The summed E-state index contributed by atoms with van der Waals surface area (Å²) in [7, 11) is 0. The first-order valence-corrected chi connectivity index (χ1v) is 7.80. The highest BCUT2D eigenvalue weighted by atomic mass is 16.2. The number of amides is 2. The normalized spacial score (nSPS) is 14.5. The number of anilines is 1. The van der Waals surface area contributed by atoms with Crippen LogP contribution in [0.2, 0.25) is 0 Å². The number of carbonyl (C=O) groups excluding carboxylic acids is 1. The van der Waals surface area contributed by atoms with Crippen molar-refractivity contribution < 1.29 is 4.79 Å². The molecule has 2 aromatic rings. The Morgan fingerprint density at radius 2 is 2.04 bits per heavy atom. The van der Waals surface area contributed by atoms with Crippen LogP contribution in [-0.4, -0.2) is 34.2 Å². The molecule has 1 aromatic carbocycles. The molecule has 0 radical (unpaired) electrons. The van der Waals surface area contributed by atoms with Crippen molar-refractivity contribution in [1.82, 2.24) is 15.1 Å². The minimum absolute atomic E-state index is 0.111. The summed E-state index contributed by atoms with van der Waals surface area (Å²) in [4.78, 5) is 14.0. The van der Waals surface area contributed by atoms with E-state index in [0.717, 1.165) is 25.9 Å². The molecule has 1 aromatic heterocycles. The van der Waals surface area contributed by atoms with Gasteiger partial charge in [0, 0.05) is 19.3 Å². The number of carbonyl (C=O) groups is 1. The molecular formula is C18H20N4O. The Kier molecular flexibility index (Phi) is 4.66. The van der Waals surface area contributed by atoms with Crippen LogP contribution in [0, 0.1) is 6.92 Å². The number of likely N-dealkylation sites (tertiary alicyclic amines) is 1. The third-order valence-corrected chi connectivity index (χ3v) is 3.91. The molecule has 1 aliphatic rings. The summed E-state index contributed by atoms with van der Waals surface area (Å²) >= 11 is 0. The first-order valence-electron chi connectivity index (χ1n) is 7.80. The molecule has 2 heterocycles. The lowest BCUT2D eigenvalue weighted by Crippen LogP contribution is -2.39. The van der Waals surface area contributed by atoms with Crippen molar-refractivity contribution in [3.63, 3.8) is 0 Å². The summed E-state index contributed by atoms with van der Waals surface area (Å²) in [5, 5.41) is 10.4. The zero-order valence-electron chi connectivity index (χ0n) is 13.2. The SMILES string of the molecule is Cc1cccc(C=C2CCN(C(=O)Nc3cccnn3)CC2)c1. The third kappa shape index (κ3) is 4.16. The van der Waals surface area contributed by atoms with Gasteiger partial charge in [0.05, 0.1) is 0 Å². The van der Waals surface area contributed by atoms with Gasteiger partial charge in [-0.3, -0.25) is 5.32 Å². The molecular weight excluding hydrogens is 288 g/mol. The van der Waals surface area contributed by atoms with Crippen molar-refractivity contribution >= 4 is 17.9 Å². The lowest BCUT2D eigenvalue weighted by molar-refractivity contribution is 0.207. The van der Waals surface area contributed by atoms with E-state index in [0.29, 0.717) is 5.82 Å². The Labute approximate surface area is 136 Å². The van der Waals surface area contributed by atoms with E-state index in [9.17, 15) is 4.79 Å². The highest BCUT2D eigenvalue weighted by Gasteiger charge is 2.19. The maximum atomic E-state index is 12.2. The van der Waals surface area contributed by atoms with Gasteiger partial charge in [0.1, 0.15) is 0 Å². The number of piperidine rings is 1. The fraction of sp³-hybridized carbons (Fsp3) is 0.278. The van der Waals surface area contributed by atoms with Crippen LogP contribution in [-0.2, 0) is 0 Å². The quantitative estimate of drug-likeness (QED) is 0.924. The number of aryl methyl sites for hydroxylation is 1. The van der Waals surface area contributed by atoms with Crippen molar-refractivity contribution in [2.24, 2.45) is 0 Å². The van der Waals surface area contributed by atoms with Gasteiger partial charge in [-0.1, -0.05) is 41.5 Å². The fourth-order valence-electron chi connectivity index (χ4n) is 2.69. The summed E-state index contributed by atoms with van der Waals surface area (Å²) in [5.41, 5.74) is 3.89. The minimum atomic E-state index is -0.111. The van der Waals surface area contributed by atoms with Gasteiger partial charge in [-0.2, -0.15) is 5.10 Å². The van der Waals surface area contributed by atoms with E-state index < -0.39 is 0 Å². The van der Waals surface area contributed by atoms with E-state index in [1.54, 1.807) is 18.3 Å². The molecule has 0 aliphatic carbocycles. The molecule has 1 aliphatic heterocycles. The molecule has 1 fully saturated rings. The predicted octanol–water partition coefficient (Wildman–Crippen LogP) is 3.50. The van der Waals surface area contributed by atoms with Crippen molar-refractivity contribution in [3.05, 3.63) is 59.3 Å². The number of nitrogens with zero attached hydrogens (tertiary/aromatic N) is 3. The molecule has 0 atom stereocenters. The number of benzene rings is 1. The van der Waals surface area contributed by atoms with Crippen LogP contribution in [0.4, 0.5) is 10.6 Å². The number of urea groups is 1. The summed E-state index contributed by atoms with van der Waals surface area (Å²) in [5.74, 6) is 0.485. The fourth-order valence-corrected chi connectivity index (χ4v) is 2.69. The summed E-state index contributed by atoms with van der Waals surface area (Å²) < 4.78 is 0. The van der Waals surface area contributed by atoms with Gasteiger partial charge in [0.15, 0.2) is 5.82 Å². The Morgan fingerprint density at radius 1 is 1.22 bits per heavy atom. The molecule has 3 rings (SSSR count). The van der Waals surface area contributed by atoms with Crippen molar-refractivity contribution in [2.75, 3.05) is 18.4 Å². The summed E-state index contributed by atoms with van der Waals surface area (Å²) in [6, 6.07) is 11.8. The molecule has 0 bridgehead atoms. The Balaban J connectivity index is 1.57. The lowest BCUT2D eigenvalue weighted by atomic mass is 10.0. The number of rotatable bonds is 2. The zero-order chi connectivity index (χ0) is 16.1. The second-order valence-electron chi connectivity index (χ2n) is 5.74. The van der Waals surface area contributed by atoms with Gasteiger partial charge in [-0.25, -0.2) is 4.79 Å². The van der Waals surface area contributed by atoms with Gasteiger partial charge in [0.25, 0.3) is 0 Å². The standard InChI is InChI=1S/C18H20N4O/c1-14-4-2-5-16(12-14)13-15-7-10-22(11-8-15)18(23)20-17-6-3-9-19-21-17/h2-6,9,12-13H,7-8,10-11H2,1H3,(H,20,21,23). The molecule has 0 spiro atoms. The number of hydrogen-bond donors (Lipinski definition) is 1. The van der Waals surface area contributed by atoms with Gasteiger partial charge in [-0.05, 0) is 37.5 Å². The minimum Gasteiger partial charge on any atom is -0.324 e. The molecule has 5 nitrogen and oxygen atoms in total. The van der Waals surface area contributed by atoms with Crippen molar-refractivity contribution in [3.8, 4) is 0 Å². The second-order valence-corrected chi connectivity index (χ2v) is 5.74. The largest absolute Gasteiger partial charge is 0.324 e. The van der Waals surface area contributed by atoms with Crippen LogP contribution in [0.15, 0.2) is 48.2 Å². The average Bonchev–Trinajstić information content (AvgIpc) is 2.56. The first kappa shape index (κ1) is 15.2. The van der Waals surface area contributed by atoms with E-state index in [4.69, 9.17) is 0 Å². The van der Waals surface area contributed by atoms with Crippen LogP contribution >= 0.6 is 0 Å². The second kappa shape index (κ2) is 7.05. The molecule has 0 unspecified atom stereocenters. The van der Waals surface area contributed by atoms with Crippen LogP contribution < -0.4 is 5.32 Å². The van der Waals surface area contributed by atoms with Gasteiger partial charge >= 0.3 is 6.03 Å². The van der Waals surface area contributed by atoms with Gasteiger partial charge in [-0.15, -0.1) is 5.10 Å². The van der Waals surface area contributed by atoms with E-state index in [2.05, 4.69) is 52.8 Å². The summed E-state index contributed by atoms with van der Waals surface area (Å²) in [6.45, 7) is 3.55. The summed E-state index contributed by atoms with van der Waals surface area (Å²) in [6.07, 6.45) is 5.63. The first-order chi connectivity index (χ1) is 11.2. The highest BCUT2D eigenvalue weighted by Crippen LogP contribution is 2.20. The van der Waals surface area contributed by atoms with E-state index in [1.807, 2.05) is 4.90 Å². The van der Waals surface area contributed by atoms with Crippen LogP contribution in [0.25, 0.3) is 6.08 Å². The molecule has 5 heteroatoms. The van der Waals surface area contributed by atoms with Crippen LogP contribution in [0.3, 0.4) is 0 Å². The van der Waals surface area contributed by atoms with Crippen LogP contribution in [0.5, 0.6) is 0 Å². The zero-order valence-corrected chi connectivity index (χ0v) is 13.2. The predicted molar refractivity (Wildman–Crippen MR) is 91.0 cm³/mol. The molecule has 1 saturated heterocycles. The van der Waals surface area contributed by atoms with E-state index in [1.165, 1.54) is 16.7 Å². The topological polar surface area (TPSA) is 58.1 Å². The highest BCUT2D eigenvalue weighted by molar-refractivity contribution is 5.88. The maximum absolute atomic E-state index is 12.2. The Morgan fingerprint density at radius 3 is 2.74 bits per heavy atom. The third-order valence-electron chi connectivity index (χ3n) is 3.91. The number of nitrogens with one attached hydrogen (secondary N) is 1. The molecule has 2 amide bonds. The van der Waals surface area contributed by atoms with Crippen LogP contribution in [0.1, 0.15) is 24.0 Å². The van der Waals surface area contributed by atoms with Gasteiger partial charge in [0.2, 0.25) is 0 Å². The Bertz CT molecular complexity index is 702. The maximum Gasteiger partial charge on any atom is 0.323 e. The molecule has 1 N–H and O–H groups in total. The molecule has 23 heavy (non-hydrogen) atoms. The molecule has 0 saturated carbocycles. The monoisotopic (exact) mass is 308 g/mol. The van der Waals surface area contributed by atoms with Gasteiger partial charge < -0.3 is 4.90 Å². The van der Waals surface area contributed by atoms with E-state index in [-0.39, 0.29) is 6.03 Å². The smallest absolute Gasteiger partial charge is 0.323 e. The number of hydrogen-bond acceptors (Lipinski definition) is 3. The Hall–Kier alpha value is -2.69.